The molecule has 3 rings (SSSR count). The Labute approximate surface area is 160 Å². The Bertz CT molecular complexity index is 802. The summed E-state index contributed by atoms with van der Waals surface area (Å²) in [4.78, 5) is 13.4. The summed E-state index contributed by atoms with van der Waals surface area (Å²) in [5.74, 6) is -0.883. The van der Waals surface area contributed by atoms with E-state index in [0.717, 1.165) is 49.3 Å². The Hall–Kier alpha value is -2.79. The molecule has 0 spiro atoms. The lowest BCUT2D eigenvalue weighted by Gasteiger charge is -2.30. The van der Waals surface area contributed by atoms with Crippen molar-refractivity contribution in [2.45, 2.75) is 19.3 Å². The van der Waals surface area contributed by atoms with E-state index in [-0.39, 0.29) is 5.92 Å². The zero-order chi connectivity index (χ0) is 18.9. The number of aliphatic carboxylic acids is 1. The van der Waals surface area contributed by atoms with Crippen LogP contribution in [0.4, 0.5) is 11.4 Å². The van der Waals surface area contributed by atoms with E-state index in [1.165, 1.54) is 0 Å². The van der Waals surface area contributed by atoms with Gasteiger partial charge in [0, 0.05) is 13.1 Å². The summed E-state index contributed by atoms with van der Waals surface area (Å²) in [6.07, 6.45) is 6.89. The van der Waals surface area contributed by atoms with Crippen LogP contribution in [-0.4, -0.2) is 35.6 Å². The lowest BCUT2D eigenvalue weighted by molar-refractivity contribution is -0.143. The standard InChI is InChI=1S/C22H25N3O2/c26-22(27)19-10-7-15-25(17-19)14-5-4-8-18-9-6-13-21(16-18)24-23-20-11-2-1-3-12-20/h1-4,6,8-9,11-13,16,19H,5,7,10,14-15,17H2,(H,26,27)/b8-4+,24-23?. The van der Waals surface area contributed by atoms with Crippen molar-refractivity contribution >= 4 is 23.4 Å². The molecule has 0 amide bonds. The van der Waals surface area contributed by atoms with Gasteiger partial charge < -0.3 is 10.0 Å². The average Bonchev–Trinajstić information content (AvgIpc) is 2.71. The molecule has 140 valence electrons. The van der Waals surface area contributed by atoms with Crippen LogP contribution in [0.1, 0.15) is 24.8 Å². The number of carboxylic acids is 1. The third kappa shape index (κ3) is 6.15. The van der Waals surface area contributed by atoms with Crippen LogP contribution in [0.5, 0.6) is 0 Å². The predicted molar refractivity (Wildman–Crippen MR) is 108 cm³/mol. The maximum absolute atomic E-state index is 11.1. The average molecular weight is 363 g/mol. The Kier molecular flexibility index (Phi) is 6.88. The summed E-state index contributed by atoms with van der Waals surface area (Å²) < 4.78 is 0. The van der Waals surface area contributed by atoms with Crippen molar-refractivity contribution in [2.75, 3.05) is 19.6 Å². The van der Waals surface area contributed by atoms with Gasteiger partial charge in [-0.3, -0.25) is 4.79 Å². The summed E-state index contributed by atoms with van der Waals surface area (Å²) >= 11 is 0. The molecule has 1 aliphatic heterocycles. The molecule has 0 radical (unpaired) electrons. The van der Waals surface area contributed by atoms with E-state index in [0.29, 0.717) is 6.54 Å². The van der Waals surface area contributed by atoms with Crippen LogP contribution in [0.2, 0.25) is 0 Å². The van der Waals surface area contributed by atoms with Crippen molar-refractivity contribution in [2.24, 2.45) is 16.1 Å². The fraction of sp³-hybridized carbons (Fsp3) is 0.318. The molecule has 1 fully saturated rings. The Balaban J connectivity index is 1.50. The highest BCUT2D eigenvalue weighted by Gasteiger charge is 2.24. The van der Waals surface area contributed by atoms with Crippen LogP contribution in [0.3, 0.4) is 0 Å². The highest BCUT2D eigenvalue weighted by atomic mass is 16.4. The molecule has 1 saturated heterocycles. The second kappa shape index (κ2) is 9.78. The summed E-state index contributed by atoms with van der Waals surface area (Å²) in [6, 6.07) is 17.6. The Morgan fingerprint density at radius 3 is 2.70 bits per heavy atom. The highest BCUT2D eigenvalue weighted by molar-refractivity contribution is 5.70. The normalized spacial score (nSPS) is 18.3. The number of rotatable bonds is 7. The minimum Gasteiger partial charge on any atom is -0.481 e. The van der Waals surface area contributed by atoms with Gasteiger partial charge in [-0.25, -0.2) is 0 Å². The van der Waals surface area contributed by atoms with Gasteiger partial charge in [0.05, 0.1) is 17.3 Å². The van der Waals surface area contributed by atoms with E-state index in [2.05, 4.69) is 27.3 Å². The monoisotopic (exact) mass is 363 g/mol. The molecule has 2 aromatic carbocycles. The number of hydrogen-bond donors (Lipinski definition) is 1. The first-order valence-corrected chi connectivity index (χ1v) is 9.39. The van der Waals surface area contributed by atoms with Crippen LogP contribution in [0.15, 0.2) is 70.9 Å². The van der Waals surface area contributed by atoms with Crippen molar-refractivity contribution in [1.82, 2.24) is 4.90 Å². The number of carbonyl (C=O) groups is 1. The van der Waals surface area contributed by atoms with Gasteiger partial charge in [0.2, 0.25) is 0 Å². The number of hydrogen-bond acceptors (Lipinski definition) is 4. The number of nitrogens with zero attached hydrogens (tertiary/aromatic N) is 3. The fourth-order valence-corrected chi connectivity index (χ4v) is 3.24. The molecule has 1 N–H and O–H groups in total. The summed E-state index contributed by atoms with van der Waals surface area (Å²) in [5, 5.41) is 17.7. The number of piperidine rings is 1. The fourth-order valence-electron chi connectivity index (χ4n) is 3.24. The van der Waals surface area contributed by atoms with E-state index in [1.54, 1.807) is 0 Å². The minimum absolute atomic E-state index is 0.214. The van der Waals surface area contributed by atoms with Crippen LogP contribution < -0.4 is 0 Å². The summed E-state index contributed by atoms with van der Waals surface area (Å²) in [7, 11) is 0. The Morgan fingerprint density at radius 2 is 1.89 bits per heavy atom. The molecule has 1 aliphatic rings. The molecule has 0 saturated carbocycles. The molecule has 0 aliphatic carbocycles. The number of azo groups is 1. The van der Waals surface area contributed by atoms with Gasteiger partial charge in [-0.1, -0.05) is 42.5 Å². The second-order valence-electron chi connectivity index (χ2n) is 6.80. The minimum atomic E-state index is -0.670. The second-order valence-corrected chi connectivity index (χ2v) is 6.80. The predicted octanol–water partition coefficient (Wildman–Crippen LogP) is 5.30. The summed E-state index contributed by atoms with van der Waals surface area (Å²) in [6.45, 7) is 2.55. The molecule has 2 aromatic rings. The van der Waals surface area contributed by atoms with E-state index < -0.39 is 5.97 Å². The SMILES string of the molecule is O=C(O)C1CCCN(CC/C=C/c2cccc(N=Nc3ccccc3)c2)C1. The van der Waals surface area contributed by atoms with Crippen molar-refractivity contribution in [3.8, 4) is 0 Å². The molecule has 0 aromatic heterocycles. The molecule has 27 heavy (non-hydrogen) atoms. The van der Waals surface area contributed by atoms with Gasteiger partial charge in [0.15, 0.2) is 0 Å². The first kappa shape index (κ1) is 19.0. The summed E-state index contributed by atoms with van der Waals surface area (Å²) in [5.41, 5.74) is 2.74. The van der Waals surface area contributed by atoms with Gasteiger partial charge in [0.1, 0.15) is 0 Å². The lowest BCUT2D eigenvalue weighted by Crippen LogP contribution is -2.38. The molecule has 0 bridgehead atoms. The number of likely N-dealkylation sites (tertiary alicyclic amines) is 1. The van der Waals surface area contributed by atoms with Crippen LogP contribution >= 0.6 is 0 Å². The van der Waals surface area contributed by atoms with Gasteiger partial charge in [-0.15, -0.1) is 0 Å². The molecule has 1 heterocycles. The first-order chi connectivity index (χ1) is 13.2. The van der Waals surface area contributed by atoms with Crippen molar-refractivity contribution in [3.63, 3.8) is 0 Å². The van der Waals surface area contributed by atoms with E-state index in [4.69, 9.17) is 5.11 Å². The molecule has 5 nitrogen and oxygen atoms in total. The maximum atomic E-state index is 11.1. The van der Waals surface area contributed by atoms with Crippen LogP contribution in [-0.2, 0) is 4.79 Å². The molecule has 1 atom stereocenters. The third-order valence-electron chi connectivity index (χ3n) is 4.68. The highest BCUT2D eigenvalue weighted by Crippen LogP contribution is 2.20. The largest absolute Gasteiger partial charge is 0.481 e. The van der Waals surface area contributed by atoms with Crippen molar-refractivity contribution < 1.29 is 9.90 Å². The third-order valence-corrected chi connectivity index (χ3v) is 4.68. The van der Waals surface area contributed by atoms with Gasteiger partial charge >= 0.3 is 5.97 Å². The van der Waals surface area contributed by atoms with Gasteiger partial charge in [-0.2, -0.15) is 10.2 Å². The lowest BCUT2D eigenvalue weighted by atomic mass is 9.98. The van der Waals surface area contributed by atoms with E-state index in [1.807, 2.05) is 54.6 Å². The van der Waals surface area contributed by atoms with Crippen molar-refractivity contribution in [1.29, 1.82) is 0 Å². The number of carboxylic acid groups (broad SMARTS) is 1. The van der Waals surface area contributed by atoms with E-state index in [9.17, 15) is 4.79 Å². The first-order valence-electron chi connectivity index (χ1n) is 9.39. The van der Waals surface area contributed by atoms with Gasteiger partial charge in [0.25, 0.3) is 0 Å². The zero-order valence-corrected chi connectivity index (χ0v) is 15.4. The maximum Gasteiger partial charge on any atom is 0.307 e. The van der Waals surface area contributed by atoms with E-state index >= 15 is 0 Å². The van der Waals surface area contributed by atoms with Crippen LogP contribution in [0, 0.1) is 5.92 Å². The number of benzene rings is 2. The molecular formula is C22H25N3O2. The topological polar surface area (TPSA) is 65.3 Å². The smallest absolute Gasteiger partial charge is 0.307 e. The molecular weight excluding hydrogens is 338 g/mol. The van der Waals surface area contributed by atoms with Crippen LogP contribution in [0.25, 0.3) is 6.08 Å². The van der Waals surface area contributed by atoms with Crippen molar-refractivity contribution in [3.05, 3.63) is 66.2 Å². The molecule has 5 heteroatoms. The quantitative estimate of drug-likeness (QED) is 0.679. The van der Waals surface area contributed by atoms with Gasteiger partial charge in [-0.05, 0) is 55.6 Å². The Morgan fingerprint density at radius 1 is 1.11 bits per heavy atom. The zero-order valence-electron chi connectivity index (χ0n) is 15.4. The molecule has 1 unspecified atom stereocenters.